The lowest BCUT2D eigenvalue weighted by atomic mass is 9.93. The minimum absolute atomic E-state index is 0.0157. The van der Waals surface area contributed by atoms with Crippen LogP contribution in [0.5, 0.6) is 5.75 Å². The van der Waals surface area contributed by atoms with Crippen molar-refractivity contribution in [3.05, 3.63) is 99.3 Å². The number of hydrogen-bond acceptors (Lipinski definition) is 5. The molecule has 0 saturated carbocycles. The first kappa shape index (κ1) is 26.3. The maximum atomic E-state index is 11.3. The summed E-state index contributed by atoms with van der Waals surface area (Å²) >= 11 is 12.9. The fourth-order valence-corrected chi connectivity index (χ4v) is 5.04. The summed E-state index contributed by atoms with van der Waals surface area (Å²) in [6.07, 6.45) is 0. The number of rotatable bonds is 8. The average molecular weight is 526 g/mol. The van der Waals surface area contributed by atoms with Gasteiger partial charge in [-0.05, 0) is 42.3 Å². The largest absolute Gasteiger partial charge is 0.491 e. The summed E-state index contributed by atoms with van der Waals surface area (Å²) in [6, 6.07) is 20.5. The van der Waals surface area contributed by atoms with Crippen LogP contribution in [0.4, 0.5) is 11.4 Å². The molecule has 1 saturated heterocycles. The molecule has 2 atom stereocenters. The predicted molar refractivity (Wildman–Crippen MR) is 144 cm³/mol. The number of piperazine rings is 1. The van der Waals surface area contributed by atoms with Crippen LogP contribution in [0.2, 0.25) is 10.0 Å². The van der Waals surface area contributed by atoms with Crippen molar-refractivity contribution in [3.8, 4) is 5.75 Å². The molecule has 2 N–H and O–H groups in total. The van der Waals surface area contributed by atoms with Crippen molar-refractivity contribution in [2.45, 2.75) is 18.6 Å². The van der Waals surface area contributed by atoms with Crippen molar-refractivity contribution >= 4 is 34.6 Å². The van der Waals surface area contributed by atoms with Crippen LogP contribution in [-0.4, -0.2) is 54.5 Å². The Balaban J connectivity index is 1.58. The molecule has 36 heavy (non-hydrogen) atoms. The van der Waals surface area contributed by atoms with E-state index in [2.05, 4.69) is 14.6 Å². The maximum Gasteiger partial charge on any atom is 0.187 e. The Hall–Kier alpha value is -2.79. The van der Waals surface area contributed by atoms with E-state index in [-0.39, 0.29) is 19.3 Å². The highest BCUT2D eigenvalue weighted by atomic mass is 35.5. The fourth-order valence-electron chi connectivity index (χ4n) is 4.64. The van der Waals surface area contributed by atoms with Gasteiger partial charge < -0.3 is 19.8 Å². The van der Waals surface area contributed by atoms with Gasteiger partial charge in [-0.1, -0.05) is 59.6 Å². The van der Waals surface area contributed by atoms with Gasteiger partial charge in [0.15, 0.2) is 5.69 Å². The van der Waals surface area contributed by atoms with Crippen molar-refractivity contribution in [2.24, 2.45) is 0 Å². The molecule has 1 aliphatic rings. The summed E-state index contributed by atoms with van der Waals surface area (Å²) in [7, 11) is 0. The van der Waals surface area contributed by atoms with Crippen molar-refractivity contribution in [3.63, 3.8) is 0 Å². The molecule has 0 bridgehead atoms. The number of halogens is 2. The van der Waals surface area contributed by atoms with Crippen molar-refractivity contribution in [2.75, 3.05) is 44.3 Å². The molecular weight excluding hydrogens is 497 g/mol. The van der Waals surface area contributed by atoms with Crippen molar-refractivity contribution in [1.82, 2.24) is 4.90 Å². The number of β-amino-alcohol motifs (C(OH)–C–C–N with tert-alkyl or cyclic N) is 1. The Morgan fingerprint density at radius 1 is 1.06 bits per heavy atom. The first-order valence-corrected chi connectivity index (χ1v) is 12.5. The molecule has 0 spiro atoms. The lowest BCUT2D eigenvalue weighted by Crippen LogP contribution is -2.52. The van der Waals surface area contributed by atoms with Gasteiger partial charge in [-0.25, -0.2) is 4.85 Å². The lowest BCUT2D eigenvalue weighted by molar-refractivity contribution is 0.0103. The van der Waals surface area contributed by atoms with Gasteiger partial charge in [0.05, 0.1) is 35.5 Å². The van der Waals surface area contributed by atoms with Gasteiger partial charge in [-0.3, -0.25) is 4.90 Å². The second-order valence-corrected chi connectivity index (χ2v) is 9.96. The zero-order valence-corrected chi connectivity index (χ0v) is 21.6. The number of benzene rings is 3. The van der Waals surface area contributed by atoms with E-state index in [1.54, 1.807) is 18.2 Å². The summed E-state index contributed by atoms with van der Waals surface area (Å²) in [5.74, 6) is 0.611. The fraction of sp³-hybridized carbons (Fsp3) is 0.321. The molecule has 1 aliphatic heterocycles. The minimum atomic E-state index is -1.07. The number of anilines is 1. The summed E-state index contributed by atoms with van der Waals surface area (Å²) < 4.78 is 5.51. The van der Waals surface area contributed by atoms with Crippen LogP contribution in [0.1, 0.15) is 24.1 Å². The number of aliphatic hydroxyl groups is 2. The molecule has 4 rings (SSSR count). The van der Waals surface area contributed by atoms with Gasteiger partial charge in [0.25, 0.3) is 0 Å². The highest BCUT2D eigenvalue weighted by molar-refractivity contribution is 6.33. The Bertz CT molecular complexity index is 1210. The Morgan fingerprint density at radius 2 is 1.78 bits per heavy atom. The Morgan fingerprint density at radius 3 is 2.42 bits per heavy atom. The van der Waals surface area contributed by atoms with Gasteiger partial charge in [-0.15, -0.1) is 0 Å². The molecule has 0 radical (unpaired) electrons. The van der Waals surface area contributed by atoms with Crippen LogP contribution < -0.4 is 9.64 Å². The monoisotopic (exact) mass is 525 g/mol. The predicted octanol–water partition coefficient (Wildman–Crippen LogP) is 5.69. The topological polar surface area (TPSA) is 60.5 Å². The van der Waals surface area contributed by atoms with Crippen LogP contribution >= 0.6 is 23.2 Å². The molecule has 8 heteroatoms. The van der Waals surface area contributed by atoms with E-state index in [4.69, 9.17) is 39.6 Å². The van der Waals surface area contributed by atoms with Gasteiger partial charge in [0.2, 0.25) is 0 Å². The van der Waals surface area contributed by atoms with E-state index < -0.39 is 5.60 Å². The number of ether oxygens (including phenoxy) is 1. The molecule has 0 aromatic heterocycles. The molecule has 3 aromatic carbocycles. The molecule has 0 aliphatic carbocycles. The number of aliphatic hydroxyl groups excluding tert-OH is 1. The Kier molecular flexibility index (Phi) is 8.40. The third-order valence-corrected chi connectivity index (χ3v) is 7.01. The summed E-state index contributed by atoms with van der Waals surface area (Å²) in [4.78, 5) is 7.97. The van der Waals surface area contributed by atoms with Crippen LogP contribution in [-0.2, 0) is 5.60 Å². The van der Waals surface area contributed by atoms with E-state index in [9.17, 15) is 5.11 Å². The van der Waals surface area contributed by atoms with Gasteiger partial charge in [-0.2, -0.15) is 0 Å². The van der Waals surface area contributed by atoms with Gasteiger partial charge in [0, 0.05) is 37.3 Å². The zero-order valence-electron chi connectivity index (χ0n) is 20.1. The highest BCUT2D eigenvalue weighted by Crippen LogP contribution is 2.38. The second kappa shape index (κ2) is 11.5. The smallest absolute Gasteiger partial charge is 0.187 e. The van der Waals surface area contributed by atoms with Crippen LogP contribution in [0, 0.1) is 6.57 Å². The van der Waals surface area contributed by atoms with E-state index in [1.165, 1.54) is 0 Å². The molecule has 3 aromatic rings. The molecule has 1 fully saturated rings. The summed E-state index contributed by atoms with van der Waals surface area (Å²) in [6.45, 7) is 11.7. The van der Waals surface area contributed by atoms with E-state index in [1.807, 2.05) is 55.5 Å². The highest BCUT2D eigenvalue weighted by Gasteiger charge is 2.34. The lowest BCUT2D eigenvalue weighted by Gasteiger charge is -2.45. The van der Waals surface area contributed by atoms with Gasteiger partial charge in [0.1, 0.15) is 12.4 Å². The first-order chi connectivity index (χ1) is 17.3. The van der Waals surface area contributed by atoms with E-state index >= 15 is 0 Å². The standard InChI is InChI=1S/C28H29Cl2N3O3/c1-28(35,21-5-9-23(31-2)10-6-21)19-32-13-14-33(27(18-32)20-3-7-22(29)8-4-20)26-12-11-24(17-25(26)30)36-16-15-34/h3-12,17,27,34-35H,13-16,18-19H2,1H3/t27-,28-/m0/s1. The Labute approximate surface area is 222 Å². The maximum absolute atomic E-state index is 11.3. The third-order valence-electron chi connectivity index (χ3n) is 6.46. The molecule has 1 heterocycles. The SMILES string of the molecule is [C-]#[N+]c1ccc([C@@](C)(O)CN2CCN(c3ccc(OCCO)cc3Cl)[C@H](c3ccc(Cl)cc3)C2)cc1. The minimum Gasteiger partial charge on any atom is -0.491 e. The normalized spacial score (nSPS) is 17.9. The average Bonchev–Trinajstić information content (AvgIpc) is 2.88. The van der Waals surface area contributed by atoms with Gasteiger partial charge >= 0.3 is 0 Å². The molecule has 6 nitrogen and oxygen atoms in total. The van der Waals surface area contributed by atoms with Crippen molar-refractivity contribution < 1.29 is 14.9 Å². The first-order valence-electron chi connectivity index (χ1n) is 11.8. The van der Waals surface area contributed by atoms with Crippen LogP contribution in [0.3, 0.4) is 0 Å². The molecular formula is C28H29Cl2N3O3. The van der Waals surface area contributed by atoms with E-state index in [0.29, 0.717) is 41.1 Å². The van der Waals surface area contributed by atoms with Crippen molar-refractivity contribution in [1.29, 1.82) is 0 Å². The summed E-state index contributed by atoms with van der Waals surface area (Å²) in [5.41, 5.74) is 2.25. The number of nitrogens with zero attached hydrogens (tertiary/aromatic N) is 3. The third kappa shape index (κ3) is 6.12. The second-order valence-electron chi connectivity index (χ2n) is 9.11. The number of hydrogen-bond donors (Lipinski definition) is 2. The zero-order chi connectivity index (χ0) is 25.7. The quantitative estimate of drug-likeness (QED) is 0.370. The molecule has 0 unspecified atom stereocenters. The molecule has 0 amide bonds. The molecule has 188 valence electrons. The summed E-state index contributed by atoms with van der Waals surface area (Å²) in [5, 5.41) is 21.6. The van der Waals surface area contributed by atoms with Crippen LogP contribution in [0.25, 0.3) is 4.85 Å². The van der Waals surface area contributed by atoms with Crippen LogP contribution in [0.15, 0.2) is 66.7 Å². The van der Waals surface area contributed by atoms with E-state index in [0.717, 1.165) is 23.4 Å².